The van der Waals surface area contributed by atoms with Crippen LogP contribution in [-0.2, 0) is 12.8 Å². The lowest BCUT2D eigenvalue weighted by molar-refractivity contribution is 0.378. The Labute approximate surface area is 163 Å². The van der Waals surface area contributed by atoms with Crippen LogP contribution in [0.4, 0.5) is 10.1 Å². The highest BCUT2D eigenvalue weighted by Crippen LogP contribution is 2.31. The van der Waals surface area contributed by atoms with Crippen molar-refractivity contribution in [1.82, 2.24) is 5.32 Å². The number of piperidine rings is 1. The van der Waals surface area contributed by atoms with Crippen molar-refractivity contribution in [3.8, 4) is 0 Å². The van der Waals surface area contributed by atoms with Gasteiger partial charge in [0.05, 0.1) is 5.69 Å². The van der Waals surface area contributed by atoms with Gasteiger partial charge in [0.1, 0.15) is 5.82 Å². The number of anilines is 1. The van der Waals surface area contributed by atoms with Crippen LogP contribution in [0.3, 0.4) is 0 Å². The van der Waals surface area contributed by atoms with Crippen LogP contribution in [0.1, 0.15) is 50.7 Å². The van der Waals surface area contributed by atoms with Gasteiger partial charge in [0, 0.05) is 18.6 Å². The normalized spacial score (nSPS) is 19.1. The van der Waals surface area contributed by atoms with E-state index in [0.717, 1.165) is 38.0 Å². The number of hydrogen-bond acceptors (Lipinski definition) is 2. The average Bonchev–Trinajstić information content (AvgIpc) is 3.16. The molecule has 1 aliphatic carbocycles. The maximum absolute atomic E-state index is 14.5. The van der Waals surface area contributed by atoms with Gasteiger partial charge in [0.15, 0.2) is 0 Å². The second kappa shape index (κ2) is 9.89. The molecule has 1 atom stereocenters. The summed E-state index contributed by atoms with van der Waals surface area (Å²) in [6, 6.07) is 16.9. The SMILES string of the molecule is CC.Fc1ccccc1N(CCC1CCCCN1)C1Cc2ccccc2C1. The molecule has 1 fully saturated rings. The summed E-state index contributed by atoms with van der Waals surface area (Å²) in [4.78, 5) is 2.33. The van der Waals surface area contributed by atoms with Crippen LogP contribution in [0.5, 0.6) is 0 Å². The highest BCUT2D eigenvalue weighted by Gasteiger charge is 2.28. The highest BCUT2D eigenvalue weighted by molar-refractivity contribution is 5.51. The van der Waals surface area contributed by atoms with E-state index in [1.165, 1.54) is 30.4 Å². The molecule has 1 unspecified atom stereocenters. The number of para-hydroxylation sites is 1. The lowest BCUT2D eigenvalue weighted by Crippen LogP contribution is -2.42. The van der Waals surface area contributed by atoms with Crippen LogP contribution < -0.4 is 10.2 Å². The zero-order valence-corrected chi connectivity index (χ0v) is 16.8. The maximum atomic E-state index is 14.5. The first-order valence-electron chi connectivity index (χ1n) is 10.6. The Morgan fingerprint density at radius 3 is 2.26 bits per heavy atom. The van der Waals surface area contributed by atoms with Gasteiger partial charge in [-0.15, -0.1) is 0 Å². The van der Waals surface area contributed by atoms with E-state index in [2.05, 4.69) is 34.5 Å². The molecule has 146 valence electrons. The molecular formula is C24H33FN2. The molecule has 4 rings (SSSR count). The summed E-state index contributed by atoms with van der Waals surface area (Å²) < 4.78 is 14.5. The van der Waals surface area contributed by atoms with Gasteiger partial charge < -0.3 is 10.2 Å². The molecule has 2 aromatic carbocycles. The van der Waals surface area contributed by atoms with Crippen molar-refractivity contribution in [3.63, 3.8) is 0 Å². The first-order valence-corrected chi connectivity index (χ1v) is 10.6. The minimum atomic E-state index is -0.102. The summed E-state index contributed by atoms with van der Waals surface area (Å²) in [5.41, 5.74) is 3.60. The zero-order valence-electron chi connectivity index (χ0n) is 16.8. The van der Waals surface area contributed by atoms with Crippen molar-refractivity contribution < 1.29 is 4.39 Å². The minimum Gasteiger partial charge on any atom is -0.365 e. The predicted octanol–water partition coefficient (Wildman–Crippen LogP) is 5.36. The Morgan fingerprint density at radius 1 is 0.963 bits per heavy atom. The van der Waals surface area contributed by atoms with E-state index in [1.807, 2.05) is 26.0 Å². The zero-order chi connectivity index (χ0) is 19.1. The number of nitrogens with one attached hydrogen (secondary N) is 1. The van der Waals surface area contributed by atoms with Gasteiger partial charge in [0.25, 0.3) is 0 Å². The van der Waals surface area contributed by atoms with Crippen molar-refractivity contribution >= 4 is 5.69 Å². The molecule has 1 N–H and O–H groups in total. The Morgan fingerprint density at radius 2 is 1.63 bits per heavy atom. The van der Waals surface area contributed by atoms with Gasteiger partial charge in [-0.2, -0.15) is 0 Å². The van der Waals surface area contributed by atoms with Crippen LogP contribution in [0, 0.1) is 5.82 Å². The fourth-order valence-corrected chi connectivity index (χ4v) is 4.41. The summed E-state index contributed by atoms with van der Waals surface area (Å²) in [6.07, 6.45) is 6.96. The highest BCUT2D eigenvalue weighted by atomic mass is 19.1. The monoisotopic (exact) mass is 368 g/mol. The third-order valence-electron chi connectivity index (χ3n) is 5.76. The summed E-state index contributed by atoms with van der Waals surface area (Å²) in [7, 11) is 0. The van der Waals surface area contributed by atoms with Gasteiger partial charge in [0.2, 0.25) is 0 Å². The minimum absolute atomic E-state index is 0.102. The van der Waals surface area contributed by atoms with E-state index in [1.54, 1.807) is 12.1 Å². The predicted molar refractivity (Wildman–Crippen MR) is 113 cm³/mol. The molecule has 0 aromatic heterocycles. The van der Waals surface area contributed by atoms with E-state index in [-0.39, 0.29) is 5.82 Å². The number of nitrogens with zero attached hydrogens (tertiary/aromatic N) is 1. The molecule has 0 radical (unpaired) electrons. The number of benzene rings is 2. The number of rotatable bonds is 5. The van der Waals surface area contributed by atoms with Crippen LogP contribution in [0.2, 0.25) is 0 Å². The molecule has 2 nitrogen and oxygen atoms in total. The van der Waals surface area contributed by atoms with E-state index in [0.29, 0.717) is 12.1 Å². The first-order chi connectivity index (χ1) is 13.3. The second-order valence-corrected chi connectivity index (χ2v) is 7.41. The van der Waals surface area contributed by atoms with Crippen molar-refractivity contribution in [2.75, 3.05) is 18.0 Å². The maximum Gasteiger partial charge on any atom is 0.146 e. The molecule has 2 aromatic rings. The summed E-state index contributed by atoms with van der Waals surface area (Å²) >= 11 is 0. The van der Waals surface area contributed by atoms with Gasteiger partial charge in [-0.3, -0.25) is 0 Å². The Hall–Kier alpha value is -1.87. The third-order valence-corrected chi connectivity index (χ3v) is 5.76. The average molecular weight is 369 g/mol. The van der Waals surface area contributed by atoms with E-state index >= 15 is 0 Å². The molecule has 0 spiro atoms. The lowest BCUT2D eigenvalue weighted by atomic mass is 10.0. The van der Waals surface area contributed by atoms with Crippen LogP contribution >= 0.6 is 0 Å². The Kier molecular flexibility index (Phi) is 7.28. The fraction of sp³-hybridized carbons (Fsp3) is 0.500. The third kappa shape index (κ3) is 4.90. The first kappa shape index (κ1) is 19.9. The van der Waals surface area contributed by atoms with Gasteiger partial charge in [-0.05, 0) is 61.9 Å². The van der Waals surface area contributed by atoms with Gasteiger partial charge >= 0.3 is 0 Å². The molecule has 0 amide bonds. The molecule has 3 heteroatoms. The quantitative estimate of drug-likeness (QED) is 0.764. The van der Waals surface area contributed by atoms with E-state index in [4.69, 9.17) is 0 Å². The molecule has 1 aliphatic heterocycles. The van der Waals surface area contributed by atoms with E-state index in [9.17, 15) is 4.39 Å². The van der Waals surface area contributed by atoms with Crippen LogP contribution in [-0.4, -0.2) is 25.2 Å². The molecule has 0 bridgehead atoms. The fourth-order valence-electron chi connectivity index (χ4n) is 4.41. The molecule has 2 aliphatic rings. The summed E-state index contributed by atoms with van der Waals surface area (Å²) in [5, 5.41) is 3.63. The second-order valence-electron chi connectivity index (χ2n) is 7.41. The summed E-state index contributed by atoms with van der Waals surface area (Å²) in [5.74, 6) is -0.102. The number of hydrogen-bond donors (Lipinski definition) is 1. The van der Waals surface area contributed by atoms with Gasteiger partial charge in [-0.1, -0.05) is 56.7 Å². The molecule has 1 saturated heterocycles. The number of fused-ring (bicyclic) bond motifs is 1. The Bertz CT molecular complexity index is 684. The van der Waals surface area contributed by atoms with Crippen molar-refractivity contribution in [1.29, 1.82) is 0 Å². The van der Waals surface area contributed by atoms with Crippen molar-refractivity contribution in [3.05, 3.63) is 65.5 Å². The molecule has 1 heterocycles. The smallest absolute Gasteiger partial charge is 0.146 e. The molecular weight excluding hydrogens is 335 g/mol. The van der Waals surface area contributed by atoms with E-state index < -0.39 is 0 Å². The summed E-state index contributed by atoms with van der Waals surface area (Å²) in [6.45, 7) is 6.04. The molecule has 0 saturated carbocycles. The largest absolute Gasteiger partial charge is 0.365 e. The Balaban J connectivity index is 0.00000102. The van der Waals surface area contributed by atoms with Crippen LogP contribution in [0.25, 0.3) is 0 Å². The van der Waals surface area contributed by atoms with Crippen molar-refractivity contribution in [2.24, 2.45) is 0 Å². The topological polar surface area (TPSA) is 15.3 Å². The number of halogens is 1. The van der Waals surface area contributed by atoms with Crippen LogP contribution in [0.15, 0.2) is 48.5 Å². The van der Waals surface area contributed by atoms with Gasteiger partial charge in [-0.25, -0.2) is 4.39 Å². The van der Waals surface area contributed by atoms with Crippen molar-refractivity contribution in [2.45, 2.75) is 64.5 Å². The molecule has 27 heavy (non-hydrogen) atoms. The standard InChI is InChI=1S/C22H27FN2.C2H6/c23-21-10-3-4-11-22(21)25(14-12-19-9-5-6-13-24-19)20-15-17-7-1-2-8-18(17)16-20;1-2/h1-4,7-8,10-11,19-20,24H,5-6,9,12-16H2;1-2H3. The lowest BCUT2D eigenvalue weighted by Gasteiger charge is -2.34.